The molecule has 0 amide bonds. The fraction of sp³-hybridized carbons (Fsp3) is 0.214. The van der Waals surface area contributed by atoms with E-state index in [2.05, 4.69) is 4.98 Å². The average Bonchev–Trinajstić information content (AvgIpc) is 2.38. The summed E-state index contributed by atoms with van der Waals surface area (Å²) in [6.07, 6.45) is 1.46. The Morgan fingerprint density at radius 1 is 1.10 bits per heavy atom. The molecule has 1 aromatic heterocycles. The molecular formula is C14H14ClNO3S. The molecule has 0 N–H and O–H groups in total. The molecule has 0 aliphatic carbocycles. The number of rotatable bonds is 3. The smallest absolute Gasteiger partial charge is 0.266 e. The van der Waals surface area contributed by atoms with Crippen LogP contribution in [0.15, 0.2) is 35.4 Å². The van der Waals surface area contributed by atoms with Crippen LogP contribution in [0.4, 0.5) is 0 Å². The Labute approximate surface area is 122 Å². The number of halogens is 1. The van der Waals surface area contributed by atoms with Gasteiger partial charge in [-0.2, -0.15) is 0 Å². The number of aryl methyl sites for hydroxylation is 2. The second-order valence-electron chi connectivity index (χ2n) is 4.50. The molecule has 1 aromatic carbocycles. The van der Waals surface area contributed by atoms with Crippen LogP contribution in [-0.4, -0.2) is 13.4 Å². The Hall–Kier alpha value is -1.59. The van der Waals surface area contributed by atoms with Gasteiger partial charge in [-0.25, -0.2) is 13.4 Å². The molecule has 0 aliphatic rings. The maximum absolute atomic E-state index is 11.5. The van der Waals surface area contributed by atoms with E-state index in [0.29, 0.717) is 5.75 Å². The van der Waals surface area contributed by atoms with Gasteiger partial charge in [0.05, 0.1) is 0 Å². The number of ether oxygens (including phenoxy) is 1. The Morgan fingerprint density at radius 2 is 1.75 bits per heavy atom. The average molecular weight is 312 g/mol. The lowest BCUT2D eigenvalue weighted by molar-refractivity contribution is 0.441. The van der Waals surface area contributed by atoms with Gasteiger partial charge in [-0.1, -0.05) is 12.1 Å². The summed E-state index contributed by atoms with van der Waals surface area (Å²) in [6.45, 7) is 5.76. The first kappa shape index (κ1) is 14.8. The van der Waals surface area contributed by atoms with Gasteiger partial charge < -0.3 is 4.74 Å². The van der Waals surface area contributed by atoms with Gasteiger partial charge in [0.25, 0.3) is 9.05 Å². The summed E-state index contributed by atoms with van der Waals surface area (Å²) in [5.74, 6) is 0.588. The van der Waals surface area contributed by atoms with Gasteiger partial charge in [-0.05, 0) is 49.6 Å². The van der Waals surface area contributed by atoms with E-state index in [-0.39, 0.29) is 10.8 Å². The van der Waals surface area contributed by atoms with Crippen molar-refractivity contribution in [1.82, 2.24) is 4.98 Å². The molecule has 0 unspecified atom stereocenters. The molecule has 2 rings (SSSR count). The van der Waals surface area contributed by atoms with E-state index in [1.165, 1.54) is 18.3 Å². The highest BCUT2D eigenvalue weighted by molar-refractivity contribution is 8.13. The van der Waals surface area contributed by atoms with Crippen LogP contribution in [0.2, 0.25) is 0 Å². The van der Waals surface area contributed by atoms with E-state index in [1.54, 1.807) is 0 Å². The summed E-state index contributed by atoms with van der Waals surface area (Å²) in [4.78, 5) is 3.83. The topological polar surface area (TPSA) is 56.3 Å². The lowest BCUT2D eigenvalue weighted by atomic mass is 10.1. The van der Waals surface area contributed by atoms with E-state index < -0.39 is 9.05 Å². The molecule has 0 atom stereocenters. The zero-order chi connectivity index (χ0) is 14.9. The summed E-state index contributed by atoms with van der Waals surface area (Å²) >= 11 is 0. The fourth-order valence-electron chi connectivity index (χ4n) is 1.82. The maximum Gasteiger partial charge on any atom is 0.266 e. The molecular weight excluding hydrogens is 298 g/mol. The number of benzene rings is 1. The molecule has 0 spiro atoms. The monoisotopic (exact) mass is 311 g/mol. The van der Waals surface area contributed by atoms with Gasteiger partial charge in [0.15, 0.2) is 0 Å². The molecule has 20 heavy (non-hydrogen) atoms. The van der Waals surface area contributed by atoms with Crippen LogP contribution in [0.3, 0.4) is 0 Å². The highest BCUT2D eigenvalue weighted by Gasteiger charge is 2.19. The predicted octanol–water partition coefficient (Wildman–Crippen LogP) is 3.73. The molecule has 6 heteroatoms. The summed E-state index contributed by atoms with van der Waals surface area (Å²) in [5, 5.41) is 0. The van der Waals surface area contributed by atoms with Gasteiger partial charge in [-0.15, -0.1) is 0 Å². The number of aromatic nitrogens is 1. The Morgan fingerprint density at radius 3 is 2.40 bits per heavy atom. The van der Waals surface area contributed by atoms with Crippen LogP contribution < -0.4 is 4.74 Å². The molecule has 2 aromatic rings. The van der Waals surface area contributed by atoms with Crippen molar-refractivity contribution in [2.24, 2.45) is 0 Å². The molecule has 4 nitrogen and oxygen atoms in total. The summed E-state index contributed by atoms with van der Waals surface area (Å²) in [7, 11) is 1.49. The lowest BCUT2D eigenvalue weighted by Gasteiger charge is -2.14. The molecule has 0 saturated carbocycles. The molecule has 0 radical (unpaired) electrons. The first-order chi connectivity index (χ1) is 9.30. The summed E-state index contributed by atoms with van der Waals surface area (Å²) in [5.41, 5.74) is 2.89. The third kappa shape index (κ3) is 2.94. The van der Waals surface area contributed by atoms with Gasteiger partial charge in [0.2, 0.25) is 5.88 Å². The highest BCUT2D eigenvalue weighted by atomic mass is 35.7. The standard InChI is InChI=1S/C14H14ClNO3S/c1-9-6-7-10(2)13(11(9)3)19-14-12(20(15,17)18)5-4-8-16-14/h4-8H,1-3H3. The van der Waals surface area contributed by atoms with E-state index in [1.807, 2.05) is 32.9 Å². The lowest BCUT2D eigenvalue weighted by Crippen LogP contribution is -2.00. The second-order valence-corrected chi connectivity index (χ2v) is 7.03. The van der Waals surface area contributed by atoms with Gasteiger partial charge in [0.1, 0.15) is 10.6 Å². The van der Waals surface area contributed by atoms with Crippen LogP contribution in [0, 0.1) is 20.8 Å². The van der Waals surface area contributed by atoms with Gasteiger partial charge in [0, 0.05) is 16.9 Å². The first-order valence-corrected chi connectivity index (χ1v) is 8.26. The number of hydrogen-bond acceptors (Lipinski definition) is 4. The van der Waals surface area contributed by atoms with E-state index in [0.717, 1.165) is 16.7 Å². The minimum absolute atomic E-state index is 0.0145. The van der Waals surface area contributed by atoms with E-state index in [4.69, 9.17) is 15.4 Å². The number of hydrogen-bond donors (Lipinski definition) is 0. The van der Waals surface area contributed by atoms with Crippen LogP contribution in [0.1, 0.15) is 16.7 Å². The van der Waals surface area contributed by atoms with Crippen LogP contribution in [-0.2, 0) is 9.05 Å². The van der Waals surface area contributed by atoms with Crippen molar-refractivity contribution in [3.8, 4) is 11.6 Å². The third-order valence-electron chi connectivity index (χ3n) is 3.07. The van der Waals surface area contributed by atoms with Crippen molar-refractivity contribution in [3.05, 3.63) is 47.2 Å². The SMILES string of the molecule is Cc1ccc(C)c(Oc2ncccc2S(=O)(=O)Cl)c1C. The van der Waals surface area contributed by atoms with Crippen molar-refractivity contribution in [3.63, 3.8) is 0 Å². The Bertz CT molecular complexity index is 757. The normalized spacial score (nSPS) is 11.4. The third-order valence-corrected chi connectivity index (χ3v) is 4.41. The molecule has 106 valence electrons. The van der Waals surface area contributed by atoms with Gasteiger partial charge >= 0.3 is 0 Å². The Kier molecular flexibility index (Phi) is 4.01. The zero-order valence-electron chi connectivity index (χ0n) is 11.3. The van der Waals surface area contributed by atoms with Crippen molar-refractivity contribution in [1.29, 1.82) is 0 Å². The summed E-state index contributed by atoms with van der Waals surface area (Å²) < 4.78 is 28.8. The second kappa shape index (κ2) is 5.42. The largest absolute Gasteiger partial charge is 0.437 e. The van der Waals surface area contributed by atoms with Crippen molar-refractivity contribution in [2.75, 3.05) is 0 Å². The zero-order valence-corrected chi connectivity index (χ0v) is 12.9. The minimum Gasteiger partial charge on any atom is -0.437 e. The molecule has 0 fully saturated rings. The predicted molar refractivity (Wildman–Crippen MR) is 78.0 cm³/mol. The summed E-state index contributed by atoms with van der Waals surface area (Å²) in [6, 6.07) is 6.76. The van der Waals surface area contributed by atoms with E-state index >= 15 is 0 Å². The molecule has 0 saturated heterocycles. The first-order valence-electron chi connectivity index (χ1n) is 5.95. The van der Waals surface area contributed by atoms with Crippen LogP contribution in [0.5, 0.6) is 11.6 Å². The highest BCUT2D eigenvalue weighted by Crippen LogP contribution is 2.33. The van der Waals surface area contributed by atoms with Crippen molar-refractivity contribution >= 4 is 19.7 Å². The van der Waals surface area contributed by atoms with Crippen LogP contribution >= 0.6 is 10.7 Å². The minimum atomic E-state index is -3.90. The molecule has 0 bridgehead atoms. The fourth-order valence-corrected chi connectivity index (χ4v) is 2.71. The Balaban J connectivity index is 2.55. The quantitative estimate of drug-likeness (QED) is 0.810. The van der Waals surface area contributed by atoms with E-state index in [9.17, 15) is 8.42 Å². The van der Waals surface area contributed by atoms with Crippen LogP contribution in [0.25, 0.3) is 0 Å². The van der Waals surface area contributed by atoms with Crippen molar-refractivity contribution in [2.45, 2.75) is 25.7 Å². The molecule has 1 heterocycles. The number of nitrogens with zero attached hydrogens (tertiary/aromatic N) is 1. The van der Waals surface area contributed by atoms with Gasteiger partial charge in [-0.3, -0.25) is 0 Å². The number of pyridine rings is 1. The van der Waals surface area contributed by atoms with Crippen molar-refractivity contribution < 1.29 is 13.2 Å². The maximum atomic E-state index is 11.5. The molecule has 0 aliphatic heterocycles.